The summed E-state index contributed by atoms with van der Waals surface area (Å²) in [5, 5.41) is 0. The summed E-state index contributed by atoms with van der Waals surface area (Å²) >= 11 is 0. The van der Waals surface area contributed by atoms with Gasteiger partial charge in [0.05, 0.1) is 19.4 Å². The monoisotopic (exact) mass is 363 g/mol. The third kappa shape index (κ3) is 3.29. The Kier molecular flexibility index (Phi) is 4.82. The molecule has 3 aliphatic rings. The van der Waals surface area contributed by atoms with E-state index in [2.05, 4.69) is 9.97 Å². The van der Waals surface area contributed by atoms with E-state index in [9.17, 15) is 9.18 Å². The number of rotatable bonds is 4. The van der Waals surface area contributed by atoms with E-state index in [0.29, 0.717) is 45.0 Å². The Morgan fingerprint density at radius 3 is 2.73 bits per heavy atom. The largest absolute Gasteiger partial charge is 0.476 e. The number of likely N-dealkylation sites (tertiary alicyclic amines) is 1. The van der Waals surface area contributed by atoms with Crippen LogP contribution in [-0.4, -0.2) is 59.4 Å². The molecule has 1 aromatic rings. The molecule has 0 N–H and O–H groups in total. The maximum Gasteiger partial charge on any atom is 0.260 e. The van der Waals surface area contributed by atoms with Gasteiger partial charge in [-0.15, -0.1) is 0 Å². The fourth-order valence-corrected chi connectivity index (χ4v) is 4.45. The van der Waals surface area contributed by atoms with Crippen LogP contribution < -0.4 is 4.74 Å². The minimum Gasteiger partial charge on any atom is -0.476 e. The van der Waals surface area contributed by atoms with Crippen LogP contribution in [0.2, 0.25) is 0 Å². The van der Waals surface area contributed by atoms with Crippen LogP contribution in [0.1, 0.15) is 38.5 Å². The highest BCUT2D eigenvalue weighted by atomic mass is 19.1. The van der Waals surface area contributed by atoms with E-state index < -0.39 is 5.67 Å². The SMILES string of the molecule is O=C(N1CCC2(CCOC[C@H]2COc2cnccn2)CC1)C1(F)CCC1. The van der Waals surface area contributed by atoms with E-state index in [0.717, 1.165) is 32.3 Å². The lowest BCUT2D eigenvalue weighted by Crippen LogP contribution is -2.56. The molecule has 6 nitrogen and oxygen atoms in total. The predicted octanol–water partition coefficient (Wildman–Crippen LogP) is 2.39. The van der Waals surface area contributed by atoms with Gasteiger partial charge in [0.1, 0.15) is 0 Å². The Balaban J connectivity index is 1.37. The number of amides is 1. The van der Waals surface area contributed by atoms with Crippen LogP contribution in [0, 0.1) is 11.3 Å². The summed E-state index contributed by atoms with van der Waals surface area (Å²) in [5.74, 6) is 0.474. The number of hydrogen-bond donors (Lipinski definition) is 0. The minimum absolute atomic E-state index is 0.0975. The van der Waals surface area contributed by atoms with Crippen LogP contribution in [0.5, 0.6) is 5.88 Å². The zero-order chi connectivity index (χ0) is 18.0. The molecule has 0 radical (unpaired) electrons. The van der Waals surface area contributed by atoms with Crippen molar-refractivity contribution in [3.05, 3.63) is 18.6 Å². The highest BCUT2D eigenvalue weighted by Gasteiger charge is 2.50. The van der Waals surface area contributed by atoms with E-state index in [1.54, 1.807) is 23.5 Å². The molecule has 3 heterocycles. The van der Waals surface area contributed by atoms with Crippen LogP contribution in [-0.2, 0) is 9.53 Å². The molecule has 142 valence electrons. The van der Waals surface area contributed by atoms with Crippen molar-refractivity contribution in [2.75, 3.05) is 32.9 Å². The molecule has 26 heavy (non-hydrogen) atoms. The fraction of sp³-hybridized carbons (Fsp3) is 0.737. The summed E-state index contributed by atoms with van der Waals surface area (Å²) in [4.78, 5) is 22.4. The Morgan fingerprint density at radius 1 is 1.27 bits per heavy atom. The molecular weight excluding hydrogens is 337 g/mol. The number of ether oxygens (including phenoxy) is 2. The van der Waals surface area contributed by atoms with Crippen molar-refractivity contribution in [1.82, 2.24) is 14.9 Å². The van der Waals surface area contributed by atoms with Crippen LogP contribution in [0.15, 0.2) is 18.6 Å². The third-order valence-corrected chi connectivity index (χ3v) is 6.48. The number of halogens is 1. The summed E-state index contributed by atoms with van der Waals surface area (Å²) in [7, 11) is 0. The molecule has 1 saturated carbocycles. The first kappa shape index (κ1) is 17.6. The lowest BCUT2D eigenvalue weighted by atomic mass is 9.66. The quantitative estimate of drug-likeness (QED) is 0.822. The second-order valence-electron chi connectivity index (χ2n) is 7.85. The van der Waals surface area contributed by atoms with Crippen LogP contribution in [0.4, 0.5) is 4.39 Å². The summed E-state index contributed by atoms with van der Waals surface area (Å²) in [6.45, 7) is 3.18. The van der Waals surface area contributed by atoms with Crippen molar-refractivity contribution in [2.45, 2.75) is 44.2 Å². The van der Waals surface area contributed by atoms with Gasteiger partial charge in [-0.2, -0.15) is 0 Å². The van der Waals surface area contributed by atoms with E-state index >= 15 is 0 Å². The number of hydrogen-bond acceptors (Lipinski definition) is 5. The van der Waals surface area contributed by atoms with Gasteiger partial charge in [-0.3, -0.25) is 9.78 Å². The first-order valence-electron chi connectivity index (χ1n) is 9.56. The van der Waals surface area contributed by atoms with Gasteiger partial charge in [-0.1, -0.05) is 0 Å². The van der Waals surface area contributed by atoms with E-state index in [4.69, 9.17) is 9.47 Å². The van der Waals surface area contributed by atoms with Crippen molar-refractivity contribution in [1.29, 1.82) is 0 Å². The maximum atomic E-state index is 14.5. The highest BCUT2D eigenvalue weighted by molar-refractivity contribution is 5.86. The van der Waals surface area contributed by atoms with Gasteiger partial charge in [0.15, 0.2) is 5.67 Å². The Bertz CT molecular complexity index is 630. The number of carbonyl (C=O) groups excluding carboxylic acids is 1. The third-order valence-electron chi connectivity index (χ3n) is 6.48. The average molecular weight is 363 g/mol. The zero-order valence-corrected chi connectivity index (χ0v) is 15.0. The predicted molar refractivity (Wildman–Crippen MR) is 92.4 cm³/mol. The van der Waals surface area contributed by atoms with Gasteiger partial charge in [0.25, 0.3) is 5.91 Å². The minimum atomic E-state index is -1.59. The number of aromatic nitrogens is 2. The lowest BCUT2D eigenvalue weighted by molar-refractivity contribution is -0.155. The van der Waals surface area contributed by atoms with Crippen molar-refractivity contribution in [2.24, 2.45) is 11.3 Å². The van der Waals surface area contributed by atoms with Crippen LogP contribution in [0.3, 0.4) is 0 Å². The van der Waals surface area contributed by atoms with Crippen molar-refractivity contribution in [3.63, 3.8) is 0 Å². The van der Waals surface area contributed by atoms with Crippen molar-refractivity contribution in [3.8, 4) is 5.88 Å². The maximum absolute atomic E-state index is 14.5. The van der Waals surface area contributed by atoms with Gasteiger partial charge >= 0.3 is 0 Å². The first-order valence-corrected chi connectivity index (χ1v) is 9.56. The normalized spacial score (nSPS) is 27.0. The smallest absolute Gasteiger partial charge is 0.260 e. The Hall–Kier alpha value is -1.76. The lowest BCUT2D eigenvalue weighted by Gasteiger charge is -2.50. The molecule has 1 aliphatic carbocycles. The standard InChI is InChI=1S/C19H26FN3O3/c20-19(2-1-3-19)17(24)23-9-4-18(5-10-23)6-11-25-13-15(18)14-26-16-12-21-7-8-22-16/h7-8,12,15H,1-6,9-11,13-14H2/t15-/m0/s1. The van der Waals surface area contributed by atoms with E-state index in [1.807, 2.05) is 0 Å². The number of nitrogens with zero attached hydrogens (tertiary/aromatic N) is 3. The second-order valence-corrected chi connectivity index (χ2v) is 7.85. The van der Waals surface area contributed by atoms with Gasteiger partial charge in [-0.05, 0) is 43.9 Å². The molecule has 2 saturated heterocycles. The van der Waals surface area contributed by atoms with Crippen LogP contribution >= 0.6 is 0 Å². The average Bonchev–Trinajstić information content (AvgIpc) is 2.66. The van der Waals surface area contributed by atoms with Crippen LogP contribution in [0.25, 0.3) is 0 Å². The highest BCUT2D eigenvalue weighted by Crippen LogP contribution is 2.46. The Labute approximate surface area is 153 Å². The molecule has 7 heteroatoms. The first-order chi connectivity index (χ1) is 12.6. The van der Waals surface area contributed by atoms with E-state index in [-0.39, 0.29) is 17.2 Å². The molecule has 2 aliphatic heterocycles. The summed E-state index contributed by atoms with van der Waals surface area (Å²) in [6.07, 6.45) is 9.15. The molecule has 1 amide bonds. The Morgan fingerprint density at radius 2 is 2.08 bits per heavy atom. The summed E-state index contributed by atoms with van der Waals surface area (Å²) < 4.78 is 26.0. The molecule has 1 aromatic heterocycles. The molecule has 0 unspecified atom stereocenters. The molecule has 1 atom stereocenters. The molecule has 3 fully saturated rings. The topological polar surface area (TPSA) is 64.6 Å². The molecule has 0 aromatic carbocycles. The number of alkyl halides is 1. The van der Waals surface area contributed by atoms with Crippen molar-refractivity contribution >= 4 is 5.91 Å². The van der Waals surface area contributed by atoms with Gasteiger partial charge in [-0.25, -0.2) is 9.37 Å². The number of piperidine rings is 1. The van der Waals surface area contributed by atoms with Gasteiger partial charge in [0, 0.05) is 38.0 Å². The fourth-order valence-electron chi connectivity index (χ4n) is 4.45. The number of carbonyl (C=O) groups is 1. The summed E-state index contributed by atoms with van der Waals surface area (Å²) in [5.41, 5.74) is -1.49. The summed E-state index contributed by atoms with van der Waals surface area (Å²) in [6, 6.07) is 0. The van der Waals surface area contributed by atoms with Gasteiger partial charge in [0.2, 0.25) is 5.88 Å². The van der Waals surface area contributed by atoms with Gasteiger partial charge < -0.3 is 14.4 Å². The molecular formula is C19H26FN3O3. The molecule has 1 spiro atoms. The second kappa shape index (κ2) is 7.10. The molecule has 4 rings (SSSR count). The zero-order valence-electron chi connectivity index (χ0n) is 15.0. The van der Waals surface area contributed by atoms with E-state index in [1.165, 1.54) is 0 Å². The van der Waals surface area contributed by atoms with Crippen molar-refractivity contribution < 1.29 is 18.7 Å². The molecule has 0 bridgehead atoms.